The molecule has 0 amide bonds. The Morgan fingerprint density at radius 2 is 2.29 bits per heavy atom. The summed E-state index contributed by atoms with van der Waals surface area (Å²) in [6.07, 6.45) is 3.44. The SMILES string of the molecule is CSC(=Nc1c(Br)cc(Cl)c(F)c1Cl)NC#N. The van der Waals surface area contributed by atoms with Crippen LogP contribution in [0, 0.1) is 17.3 Å². The van der Waals surface area contributed by atoms with E-state index in [-0.39, 0.29) is 15.7 Å². The number of nitrogens with one attached hydrogen (secondary N) is 1. The number of thioether (sulfide) groups is 1. The Morgan fingerprint density at radius 3 is 2.82 bits per heavy atom. The van der Waals surface area contributed by atoms with Gasteiger partial charge in [-0.2, -0.15) is 5.26 Å². The van der Waals surface area contributed by atoms with Gasteiger partial charge in [0.05, 0.1) is 5.02 Å². The summed E-state index contributed by atoms with van der Waals surface area (Å²) in [5.74, 6) is -0.743. The van der Waals surface area contributed by atoms with Crippen LogP contribution in [0.5, 0.6) is 0 Å². The number of rotatable bonds is 1. The van der Waals surface area contributed by atoms with E-state index in [9.17, 15) is 4.39 Å². The molecule has 0 atom stereocenters. The second kappa shape index (κ2) is 6.45. The molecular weight excluding hydrogens is 352 g/mol. The van der Waals surface area contributed by atoms with Crippen molar-refractivity contribution in [2.24, 2.45) is 4.99 Å². The molecule has 0 spiro atoms. The van der Waals surface area contributed by atoms with E-state index in [0.717, 1.165) is 0 Å². The molecule has 1 N–H and O–H groups in total. The predicted molar refractivity (Wildman–Crippen MR) is 73.5 cm³/mol. The van der Waals surface area contributed by atoms with E-state index >= 15 is 0 Å². The highest BCUT2D eigenvalue weighted by atomic mass is 79.9. The van der Waals surface area contributed by atoms with E-state index in [1.807, 2.05) is 0 Å². The highest BCUT2D eigenvalue weighted by Crippen LogP contribution is 2.39. The van der Waals surface area contributed by atoms with Crippen molar-refractivity contribution in [3.8, 4) is 6.19 Å². The third kappa shape index (κ3) is 3.49. The fourth-order valence-corrected chi connectivity index (χ4v) is 2.52. The highest BCUT2D eigenvalue weighted by Gasteiger charge is 2.15. The molecule has 1 rings (SSSR count). The Hall–Kier alpha value is -0.480. The van der Waals surface area contributed by atoms with Crippen LogP contribution in [0.3, 0.4) is 0 Å². The zero-order valence-corrected chi connectivity index (χ0v) is 12.3. The van der Waals surface area contributed by atoms with Gasteiger partial charge in [0.1, 0.15) is 10.7 Å². The van der Waals surface area contributed by atoms with Crippen molar-refractivity contribution in [3.63, 3.8) is 0 Å². The first kappa shape index (κ1) is 14.6. The maximum atomic E-state index is 13.5. The van der Waals surface area contributed by atoms with Gasteiger partial charge in [-0.25, -0.2) is 9.38 Å². The topological polar surface area (TPSA) is 48.2 Å². The minimum atomic E-state index is -0.743. The molecule has 17 heavy (non-hydrogen) atoms. The van der Waals surface area contributed by atoms with Crippen LogP contribution in [0.1, 0.15) is 0 Å². The Labute approximate surface area is 120 Å². The van der Waals surface area contributed by atoms with Crippen molar-refractivity contribution in [2.75, 3.05) is 6.26 Å². The van der Waals surface area contributed by atoms with Crippen molar-refractivity contribution in [2.45, 2.75) is 0 Å². The van der Waals surface area contributed by atoms with Crippen molar-refractivity contribution >= 4 is 61.7 Å². The van der Waals surface area contributed by atoms with Gasteiger partial charge >= 0.3 is 0 Å². The molecule has 1 aromatic carbocycles. The maximum absolute atomic E-state index is 13.5. The molecule has 1 aromatic rings. The molecule has 3 nitrogen and oxygen atoms in total. The molecule has 0 heterocycles. The van der Waals surface area contributed by atoms with Gasteiger partial charge in [-0.1, -0.05) is 35.0 Å². The number of amidine groups is 1. The number of benzene rings is 1. The van der Waals surface area contributed by atoms with Crippen LogP contribution in [-0.2, 0) is 0 Å². The summed E-state index contributed by atoms with van der Waals surface area (Å²) in [5.41, 5.74) is 0.181. The lowest BCUT2D eigenvalue weighted by Crippen LogP contribution is -2.12. The molecule has 0 bridgehead atoms. The quantitative estimate of drug-likeness (QED) is 0.203. The van der Waals surface area contributed by atoms with Gasteiger partial charge in [-0.05, 0) is 28.3 Å². The van der Waals surface area contributed by atoms with Crippen LogP contribution < -0.4 is 5.32 Å². The van der Waals surface area contributed by atoms with Gasteiger partial charge in [0.15, 0.2) is 17.2 Å². The first-order valence-electron chi connectivity index (χ1n) is 4.12. The summed E-state index contributed by atoms with van der Waals surface area (Å²) >= 11 is 15.8. The lowest BCUT2D eigenvalue weighted by atomic mass is 10.3. The number of nitriles is 1. The Kier molecular flexibility index (Phi) is 5.53. The second-order valence-corrected chi connectivity index (χ2v) is 5.11. The molecule has 0 aromatic heterocycles. The molecule has 0 radical (unpaired) electrons. The van der Waals surface area contributed by atoms with Gasteiger partial charge in [0.2, 0.25) is 0 Å². The van der Waals surface area contributed by atoms with Gasteiger partial charge in [0.25, 0.3) is 0 Å². The number of hydrogen-bond donors (Lipinski definition) is 1. The molecule has 0 saturated carbocycles. The van der Waals surface area contributed by atoms with Crippen LogP contribution in [-0.4, -0.2) is 11.4 Å². The van der Waals surface area contributed by atoms with E-state index in [1.165, 1.54) is 17.8 Å². The van der Waals surface area contributed by atoms with E-state index < -0.39 is 5.82 Å². The lowest BCUT2D eigenvalue weighted by molar-refractivity contribution is 0.629. The average Bonchev–Trinajstić information content (AvgIpc) is 2.30. The molecule has 8 heteroatoms. The smallest absolute Gasteiger partial charge is 0.183 e. The molecule has 0 aliphatic carbocycles. The monoisotopic (exact) mass is 355 g/mol. The van der Waals surface area contributed by atoms with E-state index in [4.69, 9.17) is 28.5 Å². The summed E-state index contributed by atoms with van der Waals surface area (Å²) in [7, 11) is 0. The fourth-order valence-electron chi connectivity index (χ4n) is 0.933. The largest absolute Gasteiger partial charge is 0.271 e. The number of hydrogen-bond acceptors (Lipinski definition) is 3. The molecule has 0 aliphatic heterocycles. The minimum absolute atomic E-state index is 0.0974. The van der Waals surface area contributed by atoms with Crippen LogP contribution in [0.2, 0.25) is 10.0 Å². The molecule has 0 fully saturated rings. The summed E-state index contributed by atoms with van der Waals surface area (Å²) in [5, 5.41) is 10.8. The Balaban J connectivity index is 3.33. The summed E-state index contributed by atoms with van der Waals surface area (Å²) in [4.78, 5) is 4.04. The van der Waals surface area contributed by atoms with Crippen molar-refractivity contribution in [1.29, 1.82) is 5.26 Å². The zero-order valence-electron chi connectivity index (χ0n) is 8.39. The lowest BCUT2D eigenvalue weighted by Gasteiger charge is -2.06. The average molecular weight is 357 g/mol. The molecule has 0 unspecified atom stereocenters. The van der Waals surface area contributed by atoms with Crippen molar-refractivity contribution < 1.29 is 4.39 Å². The molecule has 0 aliphatic rings. The number of aliphatic imine (C=N–C) groups is 1. The third-order valence-electron chi connectivity index (χ3n) is 1.66. The van der Waals surface area contributed by atoms with Gasteiger partial charge < -0.3 is 0 Å². The van der Waals surface area contributed by atoms with Crippen molar-refractivity contribution in [1.82, 2.24) is 5.32 Å². The maximum Gasteiger partial charge on any atom is 0.183 e. The fraction of sp³-hybridized carbons (Fsp3) is 0.111. The minimum Gasteiger partial charge on any atom is -0.271 e. The normalized spacial score (nSPS) is 11.2. The van der Waals surface area contributed by atoms with Gasteiger partial charge in [-0.15, -0.1) is 0 Å². The molecule has 90 valence electrons. The third-order valence-corrected chi connectivity index (χ3v) is 3.46. The van der Waals surface area contributed by atoms with Crippen LogP contribution in [0.4, 0.5) is 10.1 Å². The zero-order chi connectivity index (χ0) is 13.0. The van der Waals surface area contributed by atoms with Crippen LogP contribution >= 0.6 is 50.9 Å². The summed E-state index contributed by atoms with van der Waals surface area (Å²) in [6.45, 7) is 0. The number of nitrogens with zero attached hydrogens (tertiary/aromatic N) is 2. The first-order valence-corrected chi connectivity index (χ1v) is 6.89. The number of halogens is 4. The van der Waals surface area contributed by atoms with Gasteiger partial charge in [-0.3, -0.25) is 5.32 Å². The predicted octanol–water partition coefficient (Wildman–Crippen LogP) is 4.32. The van der Waals surface area contributed by atoms with Crippen LogP contribution in [0.15, 0.2) is 15.5 Å². The van der Waals surface area contributed by atoms with E-state index in [2.05, 4.69) is 26.2 Å². The standard InChI is InChI=1S/C9H5BrCl2FN3S/c1-17-9(15-3-14)16-8-4(10)2-5(11)7(13)6(8)12/h2H,1H3,(H,15,16). The first-order chi connectivity index (χ1) is 8.01. The molecule has 0 saturated heterocycles. The van der Waals surface area contributed by atoms with Crippen LogP contribution in [0.25, 0.3) is 0 Å². The van der Waals surface area contributed by atoms with Crippen molar-refractivity contribution in [3.05, 3.63) is 26.4 Å². The Bertz CT molecular complexity index is 516. The molecular formula is C9H5BrCl2FN3S. The van der Waals surface area contributed by atoms with E-state index in [1.54, 1.807) is 12.4 Å². The van der Waals surface area contributed by atoms with Gasteiger partial charge in [0, 0.05) is 4.47 Å². The van der Waals surface area contributed by atoms with E-state index in [0.29, 0.717) is 9.64 Å². The second-order valence-electron chi connectivity index (χ2n) is 2.67. The highest BCUT2D eigenvalue weighted by molar-refractivity contribution is 9.10. The summed E-state index contributed by atoms with van der Waals surface area (Å²) in [6, 6.07) is 1.35. The summed E-state index contributed by atoms with van der Waals surface area (Å²) < 4.78 is 13.9. The Morgan fingerprint density at radius 1 is 1.65 bits per heavy atom.